The van der Waals surface area contributed by atoms with Crippen molar-refractivity contribution in [2.45, 2.75) is 12.6 Å². The number of benzene rings is 2. The van der Waals surface area contributed by atoms with E-state index in [1.165, 1.54) is 18.4 Å². The predicted molar refractivity (Wildman–Crippen MR) is 101 cm³/mol. The number of phenols is 1. The fourth-order valence-corrected chi connectivity index (χ4v) is 3.70. The van der Waals surface area contributed by atoms with Crippen LogP contribution < -0.4 is 5.43 Å². The first-order valence-electron chi connectivity index (χ1n) is 8.81. The van der Waals surface area contributed by atoms with E-state index in [0.29, 0.717) is 27.9 Å². The molecule has 2 aromatic heterocycles. The lowest BCUT2D eigenvalue weighted by atomic mass is 9.98. The minimum atomic E-state index is -0.631. The van der Waals surface area contributed by atoms with E-state index in [1.807, 2.05) is 0 Å². The molecule has 0 saturated heterocycles. The van der Waals surface area contributed by atoms with Crippen LogP contribution in [0.15, 0.2) is 80.6 Å². The number of hydrogen-bond acceptors (Lipinski definition) is 5. The molecule has 4 aromatic rings. The molecule has 6 nitrogen and oxygen atoms in total. The predicted octanol–water partition coefficient (Wildman–Crippen LogP) is 3.84. The zero-order valence-corrected chi connectivity index (χ0v) is 14.7. The molecule has 1 atom stereocenters. The number of rotatable bonds is 3. The van der Waals surface area contributed by atoms with E-state index in [9.17, 15) is 14.7 Å². The summed E-state index contributed by atoms with van der Waals surface area (Å²) in [6, 6.07) is 16.2. The molecule has 0 aliphatic carbocycles. The third-order valence-electron chi connectivity index (χ3n) is 4.99. The molecule has 0 saturated carbocycles. The summed E-state index contributed by atoms with van der Waals surface area (Å²) >= 11 is 0. The summed E-state index contributed by atoms with van der Waals surface area (Å²) in [6.07, 6.45) is 1.54. The summed E-state index contributed by atoms with van der Waals surface area (Å²) in [4.78, 5) is 28.0. The Morgan fingerprint density at radius 3 is 2.50 bits per heavy atom. The Morgan fingerprint density at radius 1 is 0.964 bits per heavy atom. The van der Waals surface area contributed by atoms with Gasteiger partial charge in [-0.05, 0) is 42.0 Å². The molecule has 0 radical (unpaired) electrons. The van der Waals surface area contributed by atoms with E-state index < -0.39 is 6.04 Å². The van der Waals surface area contributed by atoms with Crippen LogP contribution in [0.25, 0.3) is 11.0 Å². The largest absolute Gasteiger partial charge is 0.508 e. The number of nitrogens with zero attached hydrogens (tertiary/aromatic N) is 1. The van der Waals surface area contributed by atoms with Crippen LogP contribution in [0.4, 0.5) is 0 Å². The number of amides is 1. The molecule has 0 fully saturated rings. The maximum absolute atomic E-state index is 13.3. The SMILES string of the molecule is O=C1c2oc3ccccc3c(=O)c2[C@H](c2ccc(O)cc2)N1Cc1ccco1. The Labute approximate surface area is 159 Å². The molecule has 0 bridgehead atoms. The monoisotopic (exact) mass is 373 g/mol. The topological polar surface area (TPSA) is 83.9 Å². The van der Waals surface area contributed by atoms with Crippen molar-refractivity contribution in [2.24, 2.45) is 0 Å². The van der Waals surface area contributed by atoms with Gasteiger partial charge in [-0.15, -0.1) is 0 Å². The van der Waals surface area contributed by atoms with Crippen LogP contribution in [0.2, 0.25) is 0 Å². The van der Waals surface area contributed by atoms with Gasteiger partial charge in [-0.25, -0.2) is 0 Å². The van der Waals surface area contributed by atoms with Crippen LogP contribution in [-0.4, -0.2) is 15.9 Å². The van der Waals surface area contributed by atoms with Crippen LogP contribution in [0, 0.1) is 0 Å². The molecule has 1 aliphatic heterocycles. The maximum atomic E-state index is 13.3. The molecule has 0 unspecified atom stereocenters. The zero-order chi connectivity index (χ0) is 19.3. The number of aromatic hydroxyl groups is 1. The van der Waals surface area contributed by atoms with Gasteiger partial charge in [0.05, 0.1) is 29.8 Å². The lowest BCUT2D eigenvalue weighted by Gasteiger charge is -2.24. The summed E-state index contributed by atoms with van der Waals surface area (Å²) in [5, 5.41) is 10.1. The lowest BCUT2D eigenvalue weighted by Crippen LogP contribution is -2.29. The van der Waals surface area contributed by atoms with E-state index in [2.05, 4.69) is 0 Å². The average molecular weight is 373 g/mol. The smallest absolute Gasteiger partial charge is 0.291 e. The third-order valence-corrected chi connectivity index (χ3v) is 4.99. The normalized spacial score (nSPS) is 15.9. The highest BCUT2D eigenvalue weighted by molar-refractivity contribution is 5.99. The number of furan rings is 1. The van der Waals surface area contributed by atoms with E-state index in [1.54, 1.807) is 53.4 Å². The Balaban J connectivity index is 1.75. The van der Waals surface area contributed by atoms with Crippen molar-refractivity contribution in [2.75, 3.05) is 0 Å². The van der Waals surface area contributed by atoms with Crippen LogP contribution in [0.5, 0.6) is 5.75 Å². The standard InChI is InChI=1S/C22H15NO5/c24-14-9-7-13(8-10-14)19-18-20(25)16-5-1-2-6-17(16)28-21(18)22(26)23(19)12-15-4-3-11-27-15/h1-11,19,24H,12H2/t19-/m0/s1. The Morgan fingerprint density at radius 2 is 1.75 bits per heavy atom. The number of phenolic OH excluding ortho intramolecular Hbond substituents is 1. The van der Waals surface area contributed by atoms with Gasteiger partial charge in [0.15, 0.2) is 5.43 Å². The van der Waals surface area contributed by atoms with Crippen LogP contribution in [0.3, 0.4) is 0 Å². The second-order valence-electron chi connectivity index (χ2n) is 6.68. The van der Waals surface area contributed by atoms with Gasteiger partial charge in [0.1, 0.15) is 17.1 Å². The first kappa shape index (κ1) is 16.4. The molecule has 1 amide bonds. The quantitative estimate of drug-likeness (QED) is 0.590. The van der Waals surface area contributed by atoms with Crippen LogP contribution >= 0.6 is 0 Å². The van der Waals surface area contributed by atoms with Crippen LogP contribution in [-0.2, 0) is 6.54 Å². The zero-order valence-electron chi connectivity index (χ0n) is 14.7. The van der Waals surface area contributed by atoms with Gasteiger partial charge in [-0.2, -0.15) is 0 Å². The van der Waals surface area contributed by atoms with Crippen LogP contribution in [0.1, 0.15) is 33.5 Å². The van der Waals surface area contributed by atoms with Gasteiger partial charge in [0, 0.05) is 0 Å². The van der Waals surface area contributed by atoms with Crippen molar-refractivity contribution < 1.29 is 18.7 Å². The number of para-hydroxylation sites is 1. The fourth-order valence-electron chi connectivity index (χ4n) is 3.70. The highest BCUT2D eigenvalue weighted by atomic mass is 16.4. The van der Waals surface area contributed by atoms with Crippen molar-refractivity contribution in [1.82, 2.24) is 4.90 Å². The average Bonchev–Trinajstić information content (AvgIpc) is 3.31. The highest BCUT2D eigenvalue weighted by Crippen LogP contribution is 2.39. The number of carbonyl (C=O) groups excluding carboxylic acids is 1. The van der Waals surface area contributed by atoms with Crippen molar-refractivity contribution in [1.29, 1.82) is 0 Å². The van der Waals surface area contributed by atoms with E-state index in [4.69, 9.17) is 8.83 Å². The summed E-state index contributed by atoms with van der Waals surface area (Å²) in [7, 11) is 0. The first-order valence-corrected chi connectivity index (χ1v) is 8.81. The molecule has 5 rings (SSSR count). The molecule has 138 valence electrons. The van der Waals surface area contributed by atoms with Gasteiger partial charge < -0.3 is 18.8 Å². The first-order chi connectivity index (χ1) is 13.6. The summed E-state index contributed by atoms with van der Waals surface area (Å²) in [5.41, 5.74) is 1.16. The number of fused-ring (bicyclic) bond motifs is 2. The van der Waals surface area contributed by atoms with Gasteiger partial charge >= 0.3 is 0 Å². The molecular weight excluding hydrogens is 358 g/mol. The summed E-state index contributed by atoms with van der Waals surface area (Å²) in [6.45, 7) is 0.192. The van der Waals surface area contributed by atoms with E-state index >= 15 is 0 Å². The number of carbonyl (C=O) groups is 1. The molecule has 0 spiro atoms. The molecule has 1 aliphatic rings. The van der Waals surface area contributed by atoms with Crippen molar-refractivity contribution in [3.63, 3.8) is 0 Å². The molecular formula is C22H15NO5. The van der Waals surface area contributed by atoms with Gasteiger partial charge in [0.25, 0.3) is 5.91 Å². The fraction of sp³-hybridized carbons (Fsp3) is 0.0909. The van der Waals surface area contributed by atoms with E-state index in [0.717, 1.165) is 0 Å². The molecule has 1 N–H and O–H groups in total. The highest BCUT2D eigenvalue weighted by Gasteiger charge is 2.43. The van der Waals surface area contributed by atoms with Gasteiger partial charge in [-0.1, -0.05) is 24.3 Å². The second kappa shape index (κ2) is 6.13. The van der Waals surface area contributed by atoms with Crippen molar-refractivity contribution in [3.05, 3.63) is 99.8 Å². The minimum absolute atomic E-state index is 0.0494. The van der Waals surface area contributed by atoms with Gasteiger partial charge in [-0.3, -0.25) is 9.59 Å². The summed E-state index contributed by atoms with van der Waals surface area (Å²) < 4.78 is 11.3. The Bertz CT molecular complexity index is 1240. The maximum Gasteiger partial charge on any atom is 0.291 e. The summed E-state index contributed by atoms with van der Waals surface area (Å²) in [5.74, 6) is 0.388. The lowest BCUT2D eigenvalue weighted by molar-refractivity contribution is 0.0701. The Kier molecular flexibility index (Phi) is 3.58. The second-order valence-corrected chi connectivity index (χ2v) is 6.68. The Hall–Kier alpha value is -3.80. The molecule has 28 heavy (non-hydrogen) atoms. The van der Waals surface area contributed by atoms with Gasteiger partial charge in [0.2, 0.25) is 5.76 Å². The molecule has 2 aromatic carbocycles. The van der Waals surface area contributed by atoms with Crippen molar-refractivity contribution >= 4 is 16.9 Å². The number of hydrogen-bond donors (Lipinski definition) is 1. The van der Waals surface area contributed by atoms with Crippen molar-refractivity contribution in [3.8, 4) is 5.75 Å². The molecule has 6 heteroatoms. The minimum Gasteiger partial charge on any atom is -0.508 e. The third kappa shape index (κ3) is 2.42. The molecule has 3 heterocycles. The van der Waals surface area contributed by atoms with E-state index in [-0.39, 0.29) is 29.4 Å².